The summed E-state index contributed by atoms with van der Waals surface area (Å²) >= 11 is 1.20. The molecule has 0 bridgehead atoms. The molecule has 2 rings (SSSR count). The number of nitrogens with one attached hydrogen (secondary N) is 1. The monoisotopic (exact) mass is 268 g/mol. The number of aromatic nitrogens is 3. The van der Waals surface area contributed by atoms with Crippen molar-refractivity contribution in [2.24, 2.45) is 12.8 Å². The number of nitrogens with zero attached hydrogens (tertiary/aromatic N) is 2. The van der Waals surface area contributed by atoms with Crippen LogP contribution in [0, 0.1) is 5.82 Å². The molecule has 0 amide bonds. The molecule has 0 saturated heterocycles. The van der Waals surface area contributed by atoms with Crippen LogP contribution >= 0.6 is 11.8 Å². The van der Waals surface area contributed by atoms with Gasteiger partial charge in [-0.25, -0.2) is 14.3 Å². The van der Waals surface area contributed by atoms with E-state index in [1.54, 1.807) is 26.1 Å². The summed E-state index contributed by atoms with van der Waals surface area (Å²) in [5.41, 5.74) is 5.88. The van der Waals surface area contributed by atoms with Crippen molar-refractivity contribution in [3.63, 3.8) is 0 Å². The molecule has 1 aromatic heterocycles. The number of H-pyrrole nitrogens is 1. The summed E-state index contributed by atoms with van der Waals surface area (Å²) < 4.78 is 15.1. The van der Waals surface area contributed by atoms with Gasteiger partial charge in [0.05, 0.1) is 0 Å². The quantitative estimate of drug-likeness (QED) is 0.882. The molecule has 0 spiro atoms. The fourth-order valence-electron chi connectivity index (χ4n) is 1.57. The third-order valence-electron chi connectivity index (χ3n) is 2.51. The lowest BCUT2D eigenvalue weighted by Gasteiger charge is -2.12. The first kappa shape index (κ1) is 12.8. The maximum atomic E-state index is 13.7. The minimum Gasteiger partial charge on any atom is -0.324 e. The van der Waals surface area contributed by atoms with Gasteiger partial charge in [-0.2, -0.15) is 0 Å². The Hall–Kier alpha value is -1.60. The molecule has 2 aromatic rings. The predicted molar refractivity (Wildman–Crippen MR) is 67.0 cm³/mol. The first-order chi connectivity index (χ1) is 8.50. The maximum absolute atomic E-state index is 13.7. The molecule has 0 aliphatic rings. The van der Waals surface area contributed by atoms with Crippen molar-refractivity contribution >= 4 is 11.8 Å². The van der Waals surface area contributed by atoms with E-state index in [2.05, 4.69) is 10.2 Å². The number of aromatic amines is 1. The zero-order valence-electron chi connectivity index (χ0n) is 9.98. The standard InChI is InChI=1S/C11H13FN4OS/c1-6(13)9-7(12)4-3-5-8(9)18-11-15-14-10(17)16(11)2/h3-6H,13H2,1-2H3,(H,14,17). The van der Waals surface area contributed by atoms with E-state index in [0.29, 0.717) is 15.6 Å². The molecule has 1 heterocycles. The van der Waals surface area contributed by atoms with Crippen molar-refractivity contribution in [1.82, 2.24) is 14.8 Å². The molecular weight excluding hydrogens is 255 g/mol. The molecule has 0 saturated carbocycles. The highest BCUT2D eigenvalue weighted by Crippen LogP contribution is 2.32. The Balaban J connectivity index is 2.43. The van der Waals surface area contributed by atoms with E-state index < -0.39 is 6.04 Å². The first-order valence-electron chi connectivity index (χ1n) is 5.34. The summed E-state index contributed by atoms with van der Waals surface area (Å²) in [7, 11) is 1.60. The van der Waals surface area contributed by atoms with Crippen LogP contribution in [0.5, 0.6) is 0 Å². The van der Waals surface area contributed by atoms with Gasteiger partial charge in [-0.05, 0) is 30.8 Å². The molecule has 5 nitrogen and oxygen atoms in total. The number of hydrogen-bond acceptors (Lipinski definition) is 4. The second-order valence-corrected chi connectivity index (χ2v) is 4.92. The summed E-state index contributed by atoms with van der Waals surface area (Å²) in [5, 5.41) is 6.66. The molecule has 1 unspecified atom stereocenters. The second kappa shape index (κ2) is 4.95. The average molecular weight is 268 g/mol. The minimum atomic E-state index is -0.426. The van der Waals surface area contributed by atoms with Crippen molar-refractivity contribution in [2.75, 3.05) is 0 Å². The van der Waals surface area contributed by atoms with Gasteiger partial charge in [-0.1, -0.05) is 6.07 Å². The Morgan fingerprint density at radius 2 is 2.28 bits per heavy atom. The SMILES string of the molecule is CC(N)c1c(F)cccc1Sc1n[nH]c(=O)n1C. The van der Waals surface area contributed by atoms with Gasteiger partial charge in [-0.3, -0.25) is 4.57 Å². The third-order valence-corrected chi connectivity index (χ3v) is 3.63. The number of hydrogen-bond donors (Lipinski definition) is 2. The van der Waals surface area contributed by atoms with Crippen LogP contribution in [0.2, 0.25) is 0 Å². The van der Waals surface area contributed by atoms with Crippen LogP contribution in [0.4, 0.5) is 4.39 Å². The highest BCUT2D eigenvalue weighted by Gasteiger charge is 2.15. The van der Waals surface area contributed by atoms with Crippen molar-refractivity contribution in [2.45, 2.75) is 23.0 Å². The van der Waals surface area contributed by atoms with Crippen LogP contribution in [0.1, 0.15) is 18.5 Å². The second-order valence-electron chi connectivity index (χ2n) is 3.91. The molecule has 0 fully saturated rings. The Labute approximate surface area is 107 Å². The van der Waals surface area contributed by atoms with Crippen molar-refractivity contribution in [3.05, 3.63) is 40.1 Å². The van der Waals surface area contributed by atoms with Crippen molar-refractivity contribution < 1.29 is 4.39 Å². The Kier molecular flexibility index (Phi) is 3.53. The largest absolute Gasteiger partial charge is 0.343 e. The van der Waals surface area contributed by atoms with E-state index in [-0.39, 0.29) is 11.5 Å². The molecule has 18 heavy (non-hydrogen) atoms. The van der Waals surface area contributed by atoms with Crippen LogP contribution in [0.3, 0.4) is 0 Å². The highest BCUT2D eigenvalue weighted by molar-refractivity contribution is 7.99. The van der Waals surface area contributed by atoms with Crippen LogP contribution in [0.25, 0.3) is 0 Å². The van der Waals surface area contributed by atoms with Crippen LogP contribution in [-0.4, -0.2) is 14.8 Å². The lowest BCUT2D eigenvalue weighted by atomic mass is 10.1. The molecule has 96 valence electrons. The molecule has 0 radical (unpaired) electrons. The van der Waals surface area contributed by atoms with Gasteiger partial charge in [0.1, 0.15) is 5.82 Å². The molecule has 1 atom stereocenters. The van der Waals surface area contributed by atoms with Gasteiger partial charge in [0.2, 0.25) is 0 Å². The number of halogens is 1. The van der Waals surface area contributed by atoms with Gasteiger partial charge in [0.25, 0.3) is 0 Å². The topological polar surface area (TPSA) is 76.7 Å². The Bertz CT molecular complexity index is 620. The molecular formula is C11H13FN4OS. The van der Waals surface area contributed by atoms with Crippen molar-refractivity contribution in [1.29, 1.82) is 0 Å². The summed E-state index contributed by atoms with van der Waals surface area (Å²) in [6.07, 6.45) is 0. The first-order valence-corrected chi connectivity index (χ1v) is 6.15. The van der Waals surface area contributed by atoms with Gasteiger partial charge < -0.3 is 5.73 Å². The summed E-state index contributed by atoms with van der Waals surface area (Å²) in [5.74, 6) is -0.351. The van der Waals surface area contributed by atoms with E-state index >= 15 is 0 Å². The lowest BCUT2D eigenvalue weighted by Crippen LogP contribution is -2.13. The predicted octanol–water partition coefficient (Wildman–Crippen LogP) is 1.42. The number of nitrogens with two attached hydrogens (primary N) is 1. The van der Waals surface area contributed by atoms with E-state index in [4.69, 9.17) is 5.73 Å². The zero-order valence-corrected chi connectivity index (χ0v) is 10.8. The van der Waals surface area contributed by atoms with Gasteiger partial charge in [-0.15, -0.1) is 5.10 Å². The maximum Gasteiger partial charge on any atom is 0.343 e. The molecule has 0 aliphatic heterocycles. The van der Waals surface area contributed by atoms with Gasteiger partial charge in [0, 0.05) is 23.5 Å². The molecule has 3 N–H and O–H groups in total. The van der Waals surface area contributed by atoms with Gasteiger partial charge >= 0.3 is 5.69 Å². The Morgan fingerprint density at radius 3 is 2.83 bits per heavy atom. The lowest BCUT2D eigenvalue weighted by molar-refractivity contribution is 0.585. The van der Waals surface area contributed by atoms with Crippen LogP contribution < -0.4 is 11.4 Å². The fraction of sp³-hybridized carbons (Fsp3) is 0.273. The smallest absolute Gasteiger partial charge is 0.324 e. The summed E-state index contributed by atoms with van der Waals surface area (Å²) in [4.78, 5) is 11.9. The number of benzene rings is 1. The normalized spacial score (nSPS) is 12.7. The van der Waals surface area contributed by atoms with E-state index in [1.165, 1.54) is 22.4 Å². The van der Waals surface area contributed by atoms with E-state index in [1.807, 2.05) is 0 Å². The van der Waals surface area contributed by atoms with Crippen LogP contribution in [-0.2, 0) is 7.05 Å². The molecule has 1 aromatic carbocycles. The zero-order chi connectivity index (χ0) is 13.3. The van der Waals surface area contributed by atoms with Gasteiger partial charge in [0.15, 0.2) is 5.16 Å². The highest BCUT2D eigenvalue weighted by atomic mass is 32.2. The van der Waals surface area contributed by atoms with E-state index in [0.717, 1.165) is 0 Å². The third kappa shape index (κ3) is 2.32. The fourth-order valence-corrected chi connectivity index (χ4v) is 2.62. The summed E-state index contributed by atoms with van der Waals surface area (Å²) in [6, 6.07) is 4.30. The van der Waals surface area contributed by atoms with Crippen molar-refractivity contribution in [3.8, 4) is 0 Å². The number of rotatable bonds is 3. The minimum absolute atomic E-state index is 0.309. The molecule has 7 heteroatoms. The van der Waals surface area contributed by atoms with Crippen LogP contribution in [0.15, 0.2) is 33.0 Å². The Morgan fingerprint density at radius 1 is 1.56 bits per heavy atom. The van der Waals surface area contributed by atoms with E-state index in [9.17, 15) is 9.18 Å². The molecule has 0 aliphatic carbocycles. The average Bonchev–Trinajstić information content (AvgIpc) is 2.60. The summed E-state index contributed by atoms with van der Waals surface area (Å²) in [6.45, 7) is 1.71.